The Morgan fingerprint density at radius 3 is 2.47 bits per heavy atom. The smallest absolute Gasteiger partial charge is 0.408 e. The van der Waals surface area contributed by atoms with Crippen LogP contribution in [0.5, 0.6) is 0 Å². The minimum atomic E-state index is -0.855. The number of alkyl carbamates (subject to hydrolysis) is 1. The molecule has 19 heavy (non-hydrogen) atoms. The normalized spacial score (nSPS) is 11.1. The summed E-state index contributed by atoms with van der Waals surface area (Å²) in [7, 11) is 2.50. The molecule has 1 unspecified atom stereocenters. The van der Waals surface area contributed by atoms with Crippen LogP contribution in [0.25, 0.3) is 0 Å². The zero-order valence-electron chi connectivity index (χ0n) is 11.1. The molecule has 0 heterocycles. The highest BCUT2D eigenvalue weighted by Gasteiger charge is 2.22. The second kappa shape index (κ2) is 9.93. The van der Waals surface area contributed by atoms with Crippen LogP contribution in [0.1, 0.15) is 19.3 Å². The van der Waals surface area contributed by atoms with Crippen molar-refractivity contribution in [1.82, 2.24) is 5.32 Å². The molecule has 0 spiro atoms. The lowest BCUT2D eigenvalue weighted by molar-refractivity contribution is -0.144. The predicted molar refractivity (Wildman–Crippen MR) is 66.4 cm³/mol. The minimum Gasteiger partial charge on any atom is -0.469 e. The van der Waals surface area contributed by atoms with Gasteiger partial charge in [-0.15, -0.1) is 0 Å². The van der Waals surface area contributed by atoms with Gasteiger partial charge in [-0.2, -0.15) is 0 Å². The average molecular weight is 273 g/mol. The molecule has 0 fully saturated rings. The van der Waals surface area contributed by atoms with Crippen LogP contribution in [0.2, 0.25) is 0 Å². The lowest BCUT2D eigenvalue weighted by atomic mass is 10.1. The zero-order valence-corrected chi connectivity index (χ0v) is 11.1. The van der Waals surface area contributed by atoms with E-state index in [1.165, 1.54) is 20.3 Å². The monoisotopic (exact) mass is 273 g/mol. The van der Waals surface area contributed by atoms with E-state index in [2.05, 4.69) is 21.4 Å². The summed E-state index contributed by atoms with van der Waals surface area (Å²) in [4.78, 5) is 33.7. The van der Waals surface area contributed by atoms with Crippen LogP contribution in [0.15, 0.2) is 12.7 Å². The maximum Gasteiger partial charge on any atom is 0.408 e. The van der Waals surface area contributed by atoms with Crippen molar-refractivity contribution in [3.05, 3.63) is 12.7 Å². The van der Waals surface area contributed by atoms with E-state index in [-0.39, 0.29) is 25.4 Å². The third-order valence-electron chi connectivity index (χ3n) is 2.21. The number of hydrogen-bond acceptors (Lipinski definition) is 6. The van der Waals surface area contributed by atoms with Crippen molar-refractivity contribution >= 4 is 18.0 Å². The molecule has 0 aromatic carbocycles. The van der Waals surface area contributed by atoms with Crippen molar-refractivity contribution in [2.75, 3.05) is 20.8 Å². The fourth-order valence-electron chi connectivity index (χ4n) is 1.26. The van der Waals surface area contributed by atoms with E-state index < -0.39 is 18.1 Å². The van der Waals surface area contributed by atoms with Crippen molar-refractivity contribution in [3.63, 3.8) is 0 Å². The first-order valence-electron chi connectivity index (χ1n) is 5.74. The summed E-state index contributed by atoms with van der Waals surface area (Å²) in [5.41, 5.74) is 0. The summed E-state index contributed by atoms with van der Waals surface area (Å²) in [5.74, 6) is -0.974. The van der Waals surface area contributed by atoms with Gasteiger partial charge in [-0.1, -0.05) is 12.7 Å². The van der Waals surface area contributed by atoms with Crippen LogP contribution in [-0.2, 0) is 23.8 Å². The third-order valence-corrected chi connectivity index (χ3v) is 2.21. The zero-order chi connectivity index (χ0) is 14.7. The summed E-state index contributed by atoms with van der Waals surface area (Å²) in [6.45, 7) is 3.44. The molecule has 0 bridgehead atoms. The SMILES string of the molecule is C=CCOC(=O)NC(CCCC(=O)OC)C(=O)OC. The second-order valence-corrected chi connectivity index (χ2v) is 3.58. The van der Waals surface area contributed by atoms with Crippen LogP contribution in [-0.4, -0.2) is 44.9 Å². The van der Waals surface area contributed by atoms with Crippen LogP contribution < -0.4 is 5.32 Å². The largest absolute Gasteiger partial charge is 0.469 e. The maximum atomic E-state index is 11.4. The maximum absolute atomic E-state index is 11.4. The summed E-state index contributed by atoms with van der Waals surface area (Å²) in [6, 6.07) is -0.855. The Morgan fingerprint density at radius 1 is 1.26 bits per heavy atom. The number of amides is 1. The Balaban J connectivity index is 4.23. The van der Waals surface area contributed by atoms with E-state index in [9.17, 15) is 14.4 Å². The van der Waals surface area contributed by atoms with Crippen molar-refractivity contribution in [1.29, 1.82) is 0 Å². The van der Waals surface area contributed by atoms with E-state index in [0.717, 1.165) is 0 Å². The summed E-state index contributed by atoms with van der Waals surface area (Å²) in [6.07, 6.45) is 1.46. The van der Waals surface area contributed by atoms with E-state index in [1.54, 1.807) is 0 Å². The Bertz CT molecular complexity index is 328. The standard InChI is InChI=1S/C12H19NO6/c1-4-8-19-12(16)13-9(11(15)18-3)6-5-7-10(14)17-2/h4,9H,1,5-8H2,2-3H3,(H,13,16). The van der Waals surface area contributed by atoms with Crippen LogP contribution in [0.3, 0.4) is 0 Å². The summed E-state index contributed by atoms with van der Waals surface area (Å²) in [5, 5.41) is 2.36. The number of methoxy groups -OCH3 is 2. The van der Waals surface area contributed by atoms with Crippen molar-refractivity contribution < 1.29 is 28.6 Å². The number of carbonyl (C=O) groups is 3. The van der Waals surface area contributed by atoms with Gasteiger partial charge in [0, 0.05) is 6.42 Å². The number of nitrogens with one attached hydrogen (secondary N) is 1. The number of ether oxygens (including phenoxy) is 3. The van der Waals surface area contributed by atoms with Gasteiger partial charge in [0.25, 0.3) is 0 Å². The Kier molecular flexibility index (Phi) is 8.86. The first-order valence-corrected chi connectivity index (χ1v) is 5.74. The van der Waals surface area contributed by atoms with E-state index in [4.69, 9.17) is 4.74 Å². The predicted octanol–water partition coefficient (Wildman–Crippen LogP) is 0.783. The topological polar surface area (TPSA) is 90.9 Å². The first kappa shape index (κ1) is 16.9. The Morgan fingerprint density at radius 2 is 1.95 bits per heavy atom. The third kappa shape index (κ3) is 7.80. The van der Waals surface area contributed by atoms with E-state index >= 15 is 0 Å². The highest BCUT2D eigenvalue weighted by atomic mass is 16.6. The fraction of sp³-hybridized carbons (Fsp3) is 0.583. The molecule has 7 nitrogen and oxygen atoms in total. The van der Waals surface area contributed by atoms with Gasteiger partial charge in [0.05, 0.1) is 14.2 Å². The lowest BCUT2D eigenvalue weighted by Gasteiger charge is -2.15. The number of esters is 2. The van der Waals surface area contributed by atoms with Gasteiger partial charge in [-0.25, -0.2) is 9.59 Å². The van der Waals surface area contributed by atoms with E-state index in [0.29, 0.717) is 6.42 Å². The Labute approximate surface area is 111 Å². The van der Waals surface area contributed by atoms with Crippen molar-refractivity contribution in [2.45, 2.75) is 25.3 Å². The molecule has 0 aliphatic rings. The van der Waals surface area contributed by atoms with Crippen molar-refractivity contribution in [2.24, 2.45) is 0 Å². The molecule has 0 saturated heterocycles. The quantitative estimate of drug-likeness (QED) is 0.399. The molecule has 0 radical (unpaired) electrons. The van der Waals surface area contributed by atoms with Crippen LogP contribution in [0, 0.1) is 0 Å². The molecule has 108 valence electrons. The molecule has 0 aliphatic carbocycles. The highest BCUT2D eigenvalue weighted by molar-refractivity contribution is 5.81. The molecule has 0 aromatic heterocycles. The van der Waals surface area contributed by atoms with E-state index in [1.807, 2.05) is 0 Å². The van der Waals surface area contributed by atoms with Gasteiger partial charge in [0.15, 0.2) is 0 Å². The molecule has 0 aliphatic heterocycles. The second-order valence-electron chi connectivity index (χ2n) is 3.58. The molecular weight excluding hydrogens is 254 g/mol. The Hall–Kier alpha value is -2.05. The molecule has 1 amide bonds. The minimum absolute atomic E-state index is 0.0435. The number of hydrogen-bond donors (Lipinski definition) is 1. The molecule has 0 saturated carbocycles. The van der Waals surface area contributed by atoms with Gasteiger partial charge < -0.3 is 19.5 Å². The van der Waals surface area contributed by atoms with Gasteiger partial charge in [-0.05, 0) is 12.8 Å². The summed E-state index contributed by atoms with van der Waals surface area (Å²) >= 11 is 0. The van der Waals surface area contributed by atoms with Gasteiger partial charge >= 0.3 is 18.0 Å². The molecule has 1 N–H and O–H groups in total. The molecule has 0 aromatic rings. The summed E-state index contributed by atoms with van der Waals surface area (Å²) < 4.78 is 13.7. The highest BCUT2D eigenvalue weighted by Crippen LogP contribution is 2.04. The average Bonchev–Trinajstić information content (AvgIpc) is 2.42. The van der Waals surface area contributed by atoms with Gasteiger partial charge in [0.2, 0.25) is 0 Å². The lowest BCUT2D eigenvalue weighted by Crippen LogP contribution is -2.41. The first-order chi connectivity index (χ1) is 9.04. The number of carbonyl (C=O) groups excluding carboxylic acids is 3. The van der Waals surface area contributed by atoms with Gasteiger partial charge in [-0.3, -0.25) is 4.79 Å². The molecule has 7 heteroatoms. The molecule has 1 atom stereocenters. The molecule has 0 rings (SSSR count). The van der Waals surface area contributed by atoms with Gasteiger partial charge in [0.1, 0.15) is 12.6 Å². The number of rotatable bonds is 8. The van der Waals surface area contributed by atoms with Crippen LogP contribution in [0.4, 0.5) is 4.79 Å². The molecular formula is C12H19NO6. The fourth-order valence-corrected chi connectivity index (χ4v) is 1.26. The van der Waals surface area contributed by atoms with Crippen LogP contribution >= 0.6 is 0 Å². The van der Waals surface area contributed by atoms with Crippen molar-refractivity contribution in [3.8, 4) is 0 Å².